The van der Waals surface area contributed by atoms with Crippen LogP contribution in [0, 0.1) is 11.2 Å². The SMILES string of the molecule is CC1(C)CCC(C)(C)c2cc(C#CSc3ccccc3)ccc21. The van der Waals surface area contributed by atoms with E-state index in [2.05, 4.69) is 69.2 Å². The Labute approximate surface area is 144 Å². The molecule has 0 N–H and O–H groups in total. The summed E-state index contributed by atoms with van der Waals surface area (Å²) in [5, 5.41) is 3.24. The number of fused-ring (bicyclic) bond motifs is 1. The van der Waals surface area contributed by atoms with Gasteiger partial charge in [0.25, 0.3) is 0 Å². The lowest BCUT2D eigenvalue weighted by atomic mass is 9.63. The van der Waals surface area contributed by atoms with Crippen molar-refractivity contribution in [3.63, 3.8) is 0 Å². The summed E-state index contributed by atoms with van der Waals surface area (Å²) in [4.78, 5) is 1.19. The largest absolute Gasteiger partial charge is 0.0622 e. The lowest BCUT2D eigenvalue weighted by Gasteiger charge is -2.41. The zero-order chi connectivity index (χ0) is 16.5. The number of hydrogen-bond donors (Lipinski definition) is 0. The minimum Gasteiger partial charge on any atom is -0.0622 e. The molecule has 1 heteroatoms. The second-order valence-corrected chi connectivity index (χ2v) is 8.55. The maximum Gasteiger partial charge on any atom is 0.0257 e. The maximum atomic E-state index is 3.32. The minimum absolute atomic E-state index is 0.245. The molecule has 0 nitrogen and oxygen atoms in total. The minimum atomic E-state index is 0.245. The zero-order valence-electron chi connectivity index (χ0n) is 14.4. The molecule has 2 aromatic rings. The van der Waals surface area contributed by atoms with E-state index in [0.717, 1.165) is 5.56 Å². The summed E-state index contributed by atoms with van der Waals surface area (Å²) in [5.41, 5.74) is 4.61. The highest BCUT2D eigenvalue weighted by Crippen LogP contribution is 2.45. The second kappa shape index (κ2) is 6.10. The van der Waals surface area contributed by atoms with E-state index in [1.165, 1.54) is 28.9 Å². The number of thioether (sulfide) groups is 1. The third-order valence-corrected chi connectivity index (χ3v) is 5.67. The van der Waals surface area contributed by atoms with Gasteiger partial charge in [0.15, 0.2) is 0 Å². The van der Waals surface area contributed by atoms with Crippen molar-refractivity contribution in [2.75, 3.05) is 0 Å². The molecule has 23 heavy (non-hydrogen) atoms. The van der Waals surface area contributed by atoms with Gasteiger partial charge in [-0.15, -0.1) is 0 Å². The van der Waals surface area contributed by atoms with Gasteiger partial charge >= 0.3 is 0 Å². The molecule has 2 aromatic carbocycles. The van der Waals surface area contributed by atoms with Crippen LogP contribution in [-0.4, -0.2) is 0 Å². The van der Waals surface area contributed by atoms with Gasteiger partial charge in [0.05, 0.1) is 0 Å². The molecule has 0 bridgehead atoms. The van der Waals surface area contributed by atoms with E-state index < -0.39 is 0 Å². The van der Waals surface area contributed by atoms with Crippen LogP contribution in [0.5, 0.6) is 0 Å². The van der Waals surface area contributed by atoms with Crippen molar-refractivity contribution in [1.82, 2.24) is 0 Å². The van der Waals surface area contributed by atoms with E-state index in [4.69, 9.17) is 0 Å². The molecule has 0 aromatic heterocycles. The normalized spacial score (nSPS) is 17.7. The van der Waals surface area contributed by atoms with Crippen molar-refractivity contribution in [2.45, 2.75) is 56.3 Å². The van der Waals surface area contributed by atoms with E-state index in [1.807, 2.05) is 18.2 Å². The third kappa shape index (κ3) is 3.48. The first-order valence-corrected chi connectivity index (χ1v) is 9.08. The van der Waals surface area contributed by atoms with Crippen LogP contribution >= 0.6 is 11.8 Å². The Bertz CT molecular complexity index is 758. The van der Waals surface area contributed by atoms with Crippen molar-refractivity contribution >= 4 is 11.8 Å². The van der Waals surface area contributed by atoms with Crippen molar-refractivity contribution in [3.05, 3.63) is 65.2 Å². The molecule has 1 aliphatic rings. The first-order valence-electron chi connectivity index (χ1n) is 8.26. The molecule has 1 aliphatic carbocycles. The summed E-state index contributed by atoms with van der Waals surface area (Å²) < 4.78 is 0. The molecule has 0 spiro atoms. The van der Waals surface area contributed by atoms with E-state index in [-0.39, 0.29) is 10.8 Å². The highest BCUT2D eigenvalue weighted by molar-refractivity contribution is 8.03. The van der Waals surface area contributed by atoms with Gasteiger partial charge in [-0.05, 0) is 76.1 Å². The van der Waals surface area contributed by atoms with Gasteiger partial charge in [0, 0.05) is 10.5 Å². The summed E-state index contributed by atoms with van der Waals surface area (Å²) in [7, 11) is 0. The first kappa shape index (κ1) is 16.2. The van der Waals surface area contributed by atoms with Crippen molar-refractivity contribution in [3.8, 4) is 11.2 Å². The zero-order valence-corrected chi connectivity index (χ0v) is 15.3. The predicted octanol–water partition coefficient (Wildman–Crippen LogP) is 6.14. The Kier molecular flexibility index (Phi) is 4.30. The van der Waals surface area contributed by atoms with E-state index in [0.29, 0.717) is 0 Å². The van der Waals surface area contributed by atoms with Crippen molar-refractivity contribution in [1.29, 1.82) is 0 Å². The predicted molar refractivity (Wildman–Crippen MR) is 101 cm³/mol. The summed E-state index contributed by atoms with van der Waals surface area (Å²) in [5.74, 6) is 3.32. The molecule has 0 saturated heterocycles. The third-order valence-electron chi connectivity index (χ3n) is 4.96. The molecule has 0 atom stereocenters. The molecule has 0 amide bonds. The number of benzene rings is 2. The van der Waals surface area contributed by atoms with Gasteiger partial charge in [0.1, 0.15) is 0 Å². The lowest BCUT2D eigenvalue weighted by Crippen LogP contribution is -2.33. The van der Waals surface area contributed by atoms with Crippen LogP contribution in [0.15, 0.2) is 53.4 Å². The van der Waals surface area contributed by atoms with Gasteiger partial charge < -0.3 is 0 Å². The maximum absolute atomic E-state index is 3.32. The van der Waals surface area contributed by atoms with Crippen LogP contribution in [0.2, 0.25) is 0 Å². The summed E-state index contributed by atoms with van der Waals surface area (Å²) in [6.07, 6.45) is 2.49. The molecule has 0 fully saturated rings. The Hall–Kier alpha value is -1.65. The average Bonchev–Trinajstić information content (AvgIpc) is 2.53. The smallest absolute Gasteiger partial charge is 0.0257 e. The molecular formula is C22H24S. The number of rotatable bonds is 1. The van der Waals surface area contributed by atoms with Gasteiger partial charge in [0.2, 0.25) is 0 Å². The Balaban J connectivity index is 1.89. The second-order valence-electron chi connectivity index (χ2n) is 7.67. The molecule has 0 radical (unpaired) electrons. The lowest BCUT2D eigenvalue weighted by molar-refractivity contribution is 0.332. The van der Waals surface area contributed by atoms with Crippen LogP contribution in [0.3, 0.4) is 0 Å². The standard InChI is InChI=1S/C22H24S/c1-21(2)13-14-22(3,4)20-16-17(10-11-19(20)21)12-15-23-18-8-6-5-7-9-18/h5-11,16H,13-14H2,1-4H3. The average molecular weight is 321 g/mol. The fourth-order valence-corrected chi connectivity index (χ4v) is 3.88. The number of hydrogen-bond acceptors (Lipinski definition) is 1. The van der Waals surface area contributed by atoms with E-state index in [9.17, 15) is 0 Å². The fourth-order valence-electron chi connectivity index (χ4n) is 3.30. The van der Waals surface area contributed by atoms with Crippen LogP contribution in [0.25, 0.3) is 0 Å². The summed E-state index contributed by atoms with van der Waals surface area (Å²) >= 11 is 1.59. The van der Waals surface area contributed by atoms with Crippen LogP contribution in [0.4, 0.5) is 0 Å². The van der Waals surface area contributed by atoms with Crippen molar-refractivity contribution < 1.29 is 0 Å². The van der Waals surface area contributed by atoms with Gasteiger partial charge in [-0.25, -0.2) is 0 Å². The highest BCUT2D eigenvalue weighted by atomic mass is 32.2. The molecule has 0 saturated carbocycles. The topological polar surface area (TPSA) is 0 Å². The Morgan fingerprint density at radius 3 is 2.17 bits per heavy atom. The van der Waals surface area contributed by atoms with Gasteiger partial charge in [-0.2, -0.15) is 0 Å². The first-order chi connectivity index (χ1) is 10.9. The monoisotopic (exact) mass is 320 g/mol. The van der Waals surface area contributed by atoms with Crippen LogP contribution in [-0.2, 0) is 10.8 Å². The molecule has 118 valence electrons. The highest BCUT2D eigenvalue weighted by Gasteiger charge is 2.36. The fraction of sp³-hybridized carbons (Fsp3) is 0.364. The Morgan fingerprint density at radius 2 is 1.48 bits per heavy atom. The van der Waals surface area contributed by atoms with E-state index >= 15 is 0 Å². The molecule has 0 heterocycles. The summed E-state index contributed by atoms with van der Waals surface area (Å²) in [6.45, 7) is 9.43. The van der Waals surface area contributed by atoms with Crippen molar-refractivity contribution in [2.24, 2.45) is 0 Å². The molecule has 0 aliphatic heterocycles. The summed E-state index contributed by atoms with van der Waals surface area (Å²) in [6, 6.07) is 17.1. The molecule has 0 unspecified atom stereocenters. The molecule has 3 rings (SSSR count). The van der Waals surface area contributed by atoms with Gasteiger partial charge in [-0.3, -0.25) is 0 Å². The van der Waals surface area contributed by atoms with Crippen LogP contribution < -0.4 is 0 Å². The van der Waals surface area contributed by atoms with E-state index in [1.54, 1.807) is 11.8 Å². The Morgan fingerprint density at radius 1 is 0.826 bits per heavy atom. The van der Waals surface area contributed by atoms with Crippen LogP contribution in [0.1, 0.15) is 57.2 Å². The molecular weight excluding hydrogens is 296 g/mol. The quantitative estimate of drug-likeness (QED) is 0.449. The van der Waals surface area contributed by atoms with Gasteiger partial charge in [-0.1, -0.05) is 57.9 Å².